The van der Waals surface area contributed by atoms with E-state index in [2.05, 4.69) is 26.0 Å². The van der Waals surface area contributed by atoms with E-state index >= 15 is 0 Å². The molecule has 0 unspecified atom stereocenters. The first kappa shape index (κ1) is 11.9. The lowest BCUT2D eigenvalue weighted by Crippen LogP contribution is -1.90. The van der Waals surface area contributed by atoms with E-state index in [-0.39, 0.29) is 0 Å². The molecule has 0 heterocycles. The molecule has 2 rings (SSSR count). The molecule has 0 atom stereocenters. The average Bonchev–Trinajstić information content (AvgIpc) is 2.29. The summed E-state index contributed by atoms with van der Waals surface area (Å²) in [6.45, 7) is 4.17. The van der Waals surface area contributed by atoms with Gasteiger partial charge in [0.2, 0.25) is 0 Å². The summed E-state index contributed by atoms with van der Waals surface area (Å²) < 4.78 is 0. The fraction of sp³-hybridized carbons (Fsp3) is 0.133. The van der Waals surface area contributed by atoms with Crippen LogP contribution >= 0.6 is 11.6 Å². The first-order valence-electron chi connectivity index (χ1n) is 5.46. The Labute approximate surface area is 106 Å². The Morgan fingerprint density at radius 1 is 0.941 bits per heavy atom. The molecule has 86 valence electrons. The molecule has 0 saturated carbocycles. The number of rotatable bonds is 2. The summed E-state index contributed by atoms with van der Waals surface area (Å²) in [5.74, 6) is 0. The fourth-order valence-corrected chi connectivity index (χ4v) is 2.16. The second-order valence-electron chi connectivity index (χ2n) is 4.12. The molecule has 0 bridgehead atoms. The van der Waals surface area contributed by atoms with Crippen LogP contribution < -0.4 is 0 Å². The summed E-state index contributed by atoms with van der Waals surface area (Å²) in [7, 11) is 0. The van der Waals surface area contributed by atoms with E-state index in [1.165, 1.54) is 16.7 Å². The molecule has 2 aromatic carbocycles. The number of benzene rings is 2. The van der Waals surface area contributed by atoms with Crippen LogP contribution in [0.25, 0.3) is 11.1 Å². The van der Waals surface area contributed by atoms with Gasteiger partial charge in [-0.25, -0.2) is 0 Å². The van der Waals surface area contributed by atoms with Crippen LogP contribution in [-0.2, 0) is 0 Å². The molecule has 2 heteroatoms. The predicted octanol–water partition coefficient (Wildman–Crippen LogP) is 4.35. The van der Waals surface area contributed by atoms with Gasteiger partial charge in [-0.2, -0.15) is 0 Å². The standard InChI is InChI=1S/C15H13ClO/c1-10-4-3-5-11(2)14(10)12-6-8-13(9-7-12)15(16)17/h3-9H,1-2H3. The molecular formula is C15H13ClO. The normalized spacial score (nSPS) is 10.3. The molecule has 0 aliphatic rings. The molecule has 0 fully saturated rings. The van der Waals surface area contributed by atoms with Crippen LogP contribution in [0.1, 0.15) is 21.5 Å². The van der Waals surface area contributed by atoms with Gasteiger partial charge in [0.15, 0.2) is 0 Å². The van der Waals surface area contributed by atoms with E-state index in [4.69, 9.17) is 11.6 Å². The Hall–Kier alpha value is -1.60. The van der Waals surface area contributed by atoms with Gasteiger partial charge in [0, 0.05) is 5.56 Å². The van der Waals surface area contributed by atoms with E-state index in [1.807, 2.05) is 18.2 Å². The Kier molecular flexibility index (Phi) is 3.30. The van der Waals surface area contributed by atoms with Gasteiger partial charge in [0.25, 0.3) is 5.24 Å². The van der Waals surface area contributed by atoms with Gasteiger partial charge in [-0.05, 0) is 59.8 Å². The molecular weight excluding hydrogens is 232 g/mol. The topological polar surface area (TPSA) is 17.1 Å². The van der Waals surface area contributed by atoms with Crippen molar-refractivity contribution in [3.05, 3.63) is 59.2 Å². The molecule has 17 heavy (non-hydrogen) atoms. The molecule has 0 radical (unpaired) electrons. The minimum atomic E-state index is -0.418. The summed E-state index contributed by atoms with van der Waals surface area (Å²) in [6, 6.07) is 13.6. The number of carbonyl (C=O) groups excluding carboxylic acids is 1. The molecule has 2 aromatic rings. The molecule has 0 saturated heterocycles. The highest BCUT2D eigenvalue weighted by Gasteiger charge is 2.06. The minimum Gasteiger partial charge on any atom is -0.276 e. The summed E-state index contributed by atoms with van der Waals surface area (Å²) >= 11 is 5.43. The zero-order valence-corrected chi connectivity index (χ0v) is 10.6. The van der Waals surface area contributed by atoms with Gasteiger partial charge in [-0.1, -0.05) is 30.3 Å². The lowest BCUT2D eigenvalue weighted by Gasteiger charge is -2.09. The van der Waals surface area contributed by atoms with E-state index in [1.54, 1.807) is 12.1 Å². The van der Waals surface area contributed by atoms with Crippen molar-refractivity contribution < 1.29 is 4.79 Å². The SMILES string of the molecule is Cc1cccc(C)c1-c1ccc(C(=O)Cl)cc1. The highest BCUT2D eigenvalue weighted by atomic mass is 35.5. The Morgan fingerprint density at radius 3 is 1.94 bits per heavy atom. The van der Waals surface area contributed by atoms with Crippen molar-refractivity contribution in [1.29, 1.82) is 0 Å². The predicted molar refractivity (Wildman–Crippen MR) is 71.5 cm³/mol. The lowest BCUT2D eigenvalue weighted by atomic mass is 9.95. The zero-order valence-electron chi connectivity index (χ0n) is 9.83. The average molecular weight is 245 g/mol. The van der Waals surface area contributed by atoms with Crippen molar-refractivity contribution in [3.8, 4) is 11.1 Å². The Morgan fingerprint density at radius 2 is 1.47 bits per heavy atom. The highest BCUT2D eigenvalue weighted by Crippen LogP contribution is 2.27. The number of carbonyl (C=O) groups is 1. The van der Waals surface area contributed by atoms with Gasteiger partial charge >= 0.3 is 0 Å². The Bertz CT molecular complexity index is 535. The first-order chi connectivity index (χ1) is 8.09. The third-order valence-electron chi connectivity index (χ3n) is 2.88. The van der Waals surface area contributed by atoms with Gasteiger partial charge < -0.3 is 0 Å². The van der Waals surface area contributed by atoms with E-state index in [9.17, 15) is 4.79 Å². The second-order valence-corrected chi connectivity index (χ2v) is 4.46. The summed E-state index contributed by atoms with van der Waals surface area (Å²) in [4.78, 5) is 11.0. The summed E-state index contributed by atoms with van der Waals surface area (Å²) in [5.41, 5.74) is 5.33. The quantitative estimate of drug-likeness (QED) is 0.718. The van der Waals surface area contributed by atoms with Crippen LogP contribution in [0.15, 0.2) is 42.5 Å². The molecule has 0 aromatic heterocycles. The fourth-order valence-electron chi connectivity index (χ4n) is 2.04. The van der Waals surface area contributed by atoms with Crippen LogP contribution in [0.4, 0.5) is 0 Å². The molecule has 1 nitrogen and oxygen atoms in total. The van der Waals surface area contributed by atoms with Gasteiger partial charge in [0.05, 0.1) is 0 Å². The number of aryl methyl sites for hydroxylation is 2. The molecule has 0 amide bonds. The largest absolute Gasteiger partial charge is 0.276 e. The van der Waals surface area contributed by atoms with Crippen LogP contribution in [0.3, 0.4) is 0 Å². The third-order valence-corrected chi connectivity index (χ3v) is 3.10. The van der Waals surface area contributed by atoms with Crippen LogP contribution in [0.2, 0.25) is 0 Å². The second kappa shape index (κ2) is 4.72. The lowest BCUT2D eigenvalue weighted by molar-refractivity contribution is 0.108. The maximum atomic E-state index is 11.0. The van der Waals surface area contributed by atoms with Gasteiger partial charge in [0.1, 0.15) is 0 Å². The molecule has 0 spiro atoms. The van der Waals surface area contributed by atoms with E-state index < -0.39 is 5.24 Å². The van der Waals surface area contributed by atoms with Crippen molar-refractivity contribution in [2.45, 2.75) is 13.8 Å². The van der Waals surface area contributed by atoms with Crippen molar-refractivity contribution in [2.75, 3.05) is 0 Å². The monoisotopic (exact) mass is 244 g/mol. The van der Waals surface area contributed by atoms with Crippen molar-refractivity contribution >= 4 is 16.8 Å². The maximum Gasteiger partial charge on any atom is 0.252 e. The molecule has 0 N–H and O–H groups in total. The zero-order chi connectivity index (χ0) is 12.4. The number of hydrogen-bond donors (Lipinski definition) is 0. The van der Waals surface area contributed by atoms with Crippen LogP contribution in [-0.4, -0.2) is 5.24 Å². The smallest absolute Gasteiger partial charge is 0.252 e. The highest BCUT2D eigenvalue weighted by molar-refractivity contribution is 6.67. The van der Waals surface area contributed by atoms with Gasteiger partial charge in [-0.3, -0.25) is 4.79 Å². The molecule has 0 aliphatic heterocycles. The minimum absolute atomic E-state index is 0.418. The van der Waals surface area contributed by atoms with E-state index in [0.29, 0.717) is 5.56 Å². The maximum absolute atomic E-state index is 11.0. The van der Waals surface area contributed by atoms with Crippen LogP contribution in [0, 0.1) is 13.8 Å². The van der Waals surface area contributed by atoms with Gasteiger partial charge in [-0.15, -0.1) is 0 Å². The van der Waals surface area contributed by atoms with Crippen LogP contribution in [0.5, 0.6) is 0 Å². The van der Waals surface area contributed by atoms with Crippen molar-refractivity contribution in [2.24, 2.45) is 0 Å². The number of halogens is 1. The molecule has 0 aliphatic carbocycles. The number of hydrogen-bond acceptors (Lipinski definition) is 1. The van der Waals surface area contributed by atoms with Crippen molar-refractivity contribution in [1.82, 2.24) is 0 Å². The first-order valence-corrected chi connectivity index (χ1v) is 5.84. The third kappa shape index (κ3) is 2.40. The summed E-state index contributed by atoms with van der Waals surface area (Å²) in [6.07, 6.45) is 0. The van der Waals surface area contributed by atoms with E-state index in [0.717, 1.165) is 5.56 Å². The Balaban J connectivity index is 2.50. The summed E-state index contributed by atoms with van der Waals surface area (Å²) in [5, 5.41) is -0.418. The van der Waals surface area contributed by atoms with Crippen molar-refractivity contribution in [3.63, 3.8) is 0 Å².